The van der Waals surface area contributed by atoms with Crippen LogP contribution in [0.3, 0.4) is 0 Å². The molecule has 1 heterocycles. The van der Waals surface area contributed by atoms with Crippen molar-refractivity contribution in [2.24, 2.45) is 0 Å². The van der Waals surface area contributed by atoms with Crippen molar-refractivity contribution in [2.45, 2.75) is 46.3 Å². The van der Waals surface area contributed by atoms with Crippen molar-refractivity contribution >= 4 is 24.9 Å². The number of methoxy groups -OCH3 is 1. The summed E-state index contributed by atoms with van der Waals surface area (Å²) in [6.45, 7) is 11.6. The third-order valence-corrected chi connectivity index (χ3v) is 6.89. The Morgan fingerprint density at radius 2 is 1.94 bits per heavy atom. The van der Waals surface area contributed by atoms with Crippen LogP contribution in [-0.4, -0.2) is 37.1 Å². The van der Waals surface area contributed by atoms with E-state index in [1.165, 1.54) is 0 Å². The van der Waals surface area contributed by atoms with E-state index in [1.807, 2.05) is 32.0 Å². The average Bonchev–Trinajstić information content (AvgIpc) is 3.07. The van der Waals surface area contributed by atoms with E-state index >= 15 is 0 Å². The van der Waals surface area contributed by atoms with Crippen LogP contribution in [0.1, 0.15) is 32.9 Å². The molecule has 1 aromatic heterocycles. The minimum absolute atomic E-state index is 0.223. The van der Waals surface area contributed by atoms with Gasteiger partial charge in [-0.15, -0.1) is 0 Å². The van der Waals surface area contributed by atoms with Gasteiger partial charge in [-0.25, -0.2) is 4.98 Å². The molecule has 31 heavy (non-hydrogen) atoms. The molecular formula is C24H29N3O3Si. The molecular weight excluding hydrogens is 406 g/mol. The highest BCUT2D eigenvalue weighted by Gasteiger charge is 2.24. The number of hydrogen-bond acceptors (Lipinski definition) is 5. The Morgan fingerprint density at radius 1 is 1.19 bits per heavy atom. The zero-order valence-corrected chi connectivity index (χ0v) is 20.1. The third-order valence-electron chi connectivity index (χ3n) is 5.19. The summed E-state index contributed by atoms with van der Waals surface area (Å²) in [4.78, 5) is 18.2. The molecule has 2 aromatic carbocycles. The molecule has 0 aliphatic rings. The zero-order chi connectivity index (χ0) is 22.8. The van der Waals surface area contributed by atoms with Gasteiger partial charge in [0, 0.05) is 14.7 Å². The lowest BCUT2D eigenvalue weighted by molar-refractivity contribution is 0.0833. The van der Waals surface area contributed by atoms with Crippen LogP contribution in [0, 0.1) is 25.2 Å². The molecule has 0 unspecified atom stereocenters. The molecule has 0 aliphatic carbocycles. The minimum atomic E-state index is -1.23. The summed E-state index contributed by atoms with van der Waals surface area (Å²) in [6, 6.07) is 12.2. The normalized spacial score (nSPS) is 11.5. The number of fused-ring (bicyclic) bond motifs is 1. The maximum Gasteiger partial charge on any atom is 0.232 e. The molecule has 0 atom stereocenters. The lowest BCUT2D eigenvalue weighted by Crippen LogP contribution is -2.22. The van der Waals surface area contributed by atoms with E-state index in [0.29, 0.717) is 29.0 Å². The monoisotopic (exact) mass is 435 g/mol. The van der Waals surface area contributed by atoms with Crippen molar-refractivity contribution < 1.29 is 14.3 Å². The van der Waals surface area contributed by atoms with Gasteiger partial charge in [-0.05, 0) is 55.3 Å². The Labute approximate surface area is 184 Å². The topological polar surface area (TPSA) is 77.1 Å². The second-order valence-corrected chi connectivity index (χ2v) is 14.6. The first-order valence-corrected chi connectivity index (χ1v) is 14.0. The SMILES string of the molecule is COc1cc(C)cc(C)c1C(=O)c1nc2cc(C#N)ccc2n1COCC[Si](C)(C)C. The number of aromatic nitrogens is 2. The highest BCUT2D eigenvalue weighted by Crippen LogP contribution is 2.28. The lowest BCUT2D eigenvalue weighted by atomic mass is 10.0. The van der Waals surface area contributed by atoms with E-state index in [0.717, 1.165) is 22.7 Å². The van der Waals surface area contributed by atoms with Crippen molar-refractivity contribution in [3.05, 3.63) is 58.4 Å². The van der Waals surface area contributed by atoms with Crippen LogP contribution in [0.15, 0.2) is 30.3 Å². The van der Waals surface area contributed by atoms with Crippen molar-refractivity contribution in [3.63, 3.8) is 0 Å². The number of ketones is 1. The summed E-state index contributed by atoms with van der Waals surface area (Å²) >= 11 is 0. The number of imidazole rings is 1. The second-order valence-electron chi connectivity index (χ2n) is 9.01. The number of nitriles is 1. The van der Waals surface area contributed by atoms with E-state index in [1.54, 1.807) is 23.8 Å². The molecule has 0 aliphatic heterocycles. The van der Waals surface area contributed by atoms with E-state index < -0.39 is 8.07 Å². The quantitative estimate of drug-likeness (QED) is 0.280. The van der Waals surface area contributed by atoms with Crippen LogP contribution in [0.2, 0.25) is 25.7 Å². The number of carbonyl (C=O) groups is 1. The second kappa shape index (κ2) is 9.04. The summed E-state index contributed by atoms with van der Waals surface area (Å²) < 4.78 is 13.3. The number of hydrogen-bond donors (Lipinski definition) is 0. The zero-order valence-electron chi connectivity index (χ0n) is 19.1. The van der Waals surface area contributed by atoms with Crippen LogP contribution in [0.4, 0.5) is 0 Å². The van der Waals surface area contributed by atoms with Gasteiger partial charge in [-0.2, -0.15) is 5.26 Å². The van der Waals surface area contributed by atoms with Crippen molar-refractivity contribution in [1.82, 2.24) is 9.55 Å². The fraction of sp³-hybridized carbons (Fsp3) is 0.375. The smallest absolute Gasteiger partial charge is 0.232 e. The molecule has 7 heteroatoms. The Bertz CT molecular complexity index is 1170. The van der Waals surface area contributed by atoms with Gasteiger partial charge in [0.1, 0.15) is 12.5 Å². The van der Waals surface area contributed by atoms with Crippen LogP contribution >= 0.6 is 0 Å². The molecule has 0 saturated carbocycles. The Hall–Kier alpha value is -2.95. The van der Waals surface area contributed by atoms with Crippen LogP contribution < -0.4 is 4.74 Å². The standard InChI is InChI=1S/C24H29N3O3Si/c1-16-11-17(2)22(21(12-16)29-3)23(28)24-26-19-13-18(14-25)7-8-20(19)27(24)15-30-9-10-31(4,5)6/h7-8,11-13H,9-10,15H2,1-6H3. The van der Waals surface area contributed by atoms with Crippen LogP contribution in [0.5, 0.6) is 5.75 Å². The van der Waals surface area contributed by atoms with Gasteiger partial charge in [0.25, 0.3) is 0 Å². The van der Waals surface area contributed by atoms with E-state index in [2.05, 4.69) is 30.7 Å². The van der Waals surface area contributed by atoms with Crippen molar-refractivity contribution in [3.8, 4) is 11.8 Å². The van der Waals surface area contributed by atoms with Gasteiger partial charge in [0.05, 0.1) is 35.3 Å². The Morgan fingerprint density at radius 3 is 2.58 bits per heavy atom. The Kier molecular flexibility index (Phi) is 6.63. The highest BCUT2D eigenvalue weighted by atomic mass is 28.3. The molecule has 0 spiro atoms. The minimum Gasteiger partial charge on any atom is -0.496 e. The van der Waals surface area contributed by atoms with Gasteiger partial charge in [0.15, 0.2) is 5.82 Å². The number of ether oxygens (including phenoxy) is 2. The van der Waals surface area contributed by atoms with Crippen LogP contribution in [0.25, 0.3) is 11.0 Å². The van der Waals surface area contributed by atoms with Gasteiger partial charge >= 0.3 is 0 Å². The molecule has 162 valence electrons. The highest BCUT2D eigenvalue weighted by molar-refractivity contribution is 6.76. The maximum atomic E-state index is 13.6. The largest absolute Gasteiger partial charge is 0.496 e. The summed E-state index contributed by atoms with van der Waals surface area (Å²) in [5.41, 5.74) is 4.21. The average molecular weight is 436 g/mol. The lowest BCUT2D eigenvalue weighted by Gasteiger charge is -2.17. The van der Waals surface area contributed by atoms with E-state index in [4.69, 9.17) is 9.47 Å². The van der Waals surface area contributed by atoms with Crippen molar-refractivity contribution in [2.75, 3.05) is 13.7 Å². The van der Waals surface area contributed by atoms with Gasteiger partial charge in [-0.3, -0.25) is 9.36 Å². The first-order chi connectivity index (χ1) is 14.6. The van der Waals surface area contributed by atoms with Crippen molar-refractivity contribution in [1.29, 1.82) is 5.26 Å². The predicted molar refractivity (Wildman–Crippen MR) is 124 cm³/mol. The third kappa shape index (κ3) is 5.04. The summed E-state index contributed by atoms with van der Waals surface area (Å²) in [6.07, 6.45) is 0. The van der Waals surface area contributed by atoms with E-state index in [9.17, 15) is 10.1 Å². The van der Waals surface area contributed by atoms with Gasteiger partial charge < -0.3 is 9.47 Å². The fourth-order valence-electron chi connectivity index (χ4n) is 3.53. The number of nitrogens with zero attached hydrogens (tertiary/aromatic N) is 3. The molecule has 0 radical (unpaired) electrons. The molecule has 0 fully saturated rings. The van der Waals surface area contributed by atoms with Crippen LogP contribution in [-0.2, 0) is 11.5 Å². The molecule has 6 nitrogen and oxygen atoms in total. The van der Waals surface area contributed by atoms with E-state index in [-0.39, 0.29) is 18.3 Å². The maximum absolute atomic E-state index is 13.6. The Balaban J connectivity index is 2.06. The fourth-order valence-corrected chi connectivity index (χ4v) is 4.29. The first-order valence-electron chi connectivity index (χ1n) is 10.3. The predicted octanol–water partition coefficient (Wildman–Crippen LogP) is 5.08. The summed E-state index contributed by atoms with van der Waals surface area (Å²) in [7, 11) is 0.334. The molecule has 0 amide bonds. The molecule has 3 aromatic rings. The number of aryl methyl sites for hydroxylation is 2. The van der Waals surface area contributed by atoms with Gasteiger partial charge in [-0.1, -0.05) is 25.7 Å². The molecule has 3 rings (SSSR count). The summed E-state index contributed by atoms with van der Waals surface area (Å²) in [5.74, 6) is 0.583. The molecule has 0 N–H and O–H groups in total. The first kappa shape index (κ1) is 22.7. The molecule has 0 bridgehead atoms. The number of benzene rings is 2. The van der Waals surface area contributed by atoms with Gasteiger partial charge in [0.2, 0.25) is 5.78 Å². The number of carbonyl (C=O) groups excluding carboxylic acids is 1. The number of rotatable bonds is 8. The summed E-state index contributed by atoms with van der Waals surface area (Å²) in [5, 5.41) is 9.25. The molecule has 0 saturated heterocycles.